The second-order valence-electron chi connectivity index (χ2n) is 4.69. The Balaban J connectivity index is 2.63. The van der Waals surface area contributed by atoms with Crippen LogP contribution < -0.4 is 5.32 Å². The number of aliphatic carboxylic acids is 1. The van der Waals surface area contributed by atoms with Gasteiger partial charge in [0.1, 0.15) is 5.82 Å². The first-order valence-corrected chi connectivity index (χ1v) is 6.47. The molecule has 2 N–H and O–H groups in total. The third-order valence-electron chi connectivity index (χ3n) is 2.88. The predicted octanol–water partition coefficient (Wildman–Crippen LogP) is 2.57. The van der Waals surface area contributed by atoms with E-state index in [0.717, 1.165) is 5.82 Å². The summed E-state index contributed by atoms with van der Waals surface area (Å²) in [7, 11) is 0. The first-order valence-electron chi connectivity index (χ1n) is 5.70. The minimum absolute atomic E-state index is 0.291. The molecule has 0 bridgehead atoms. The summed E-state index contributed by atoms with van der Waals surface area (Å²) < 4.78 is 4.21. The second-order valence-corrected chi connectivity index (χ2v) is 5.44. The van der Waals surface area contributed by atoms with E-state index in [4.69, 9.17) is 5.11 Å². The van der Waals surface area contributed by atoms with E-state index in [1.54, 1.807) is 6.92 Å². The number of hydrogen-bond acceptors (Lipinski definition) is 5. The fourth-order valence-corrected chi connectivity index (χ4v) is 1.87. The van der Waals surface area contributed by atoms with Crippen molar-refractivity contribution in [3.8, 4) is 0 Å². The lowest BCUT2D eigenvalue weighted by Crippen LogP contribution is -2.34. The number of hydrogen-bond donors (Lipinski definition) is 2. The molecule has 1 atom stereocenters. The number of anilines is 1. The number of carboxylic acid groups (broad SMARTS) is 1. The van der Waals surface area contributed by atoms with Gasteiger partial charge in [-0.1, -0.05) is 20.8 Å². The fourth-order valence-electron chi connectivity index (χ4n) is 1.16. The summed E-state index contributed by atoms with van der Waals surface area (Å²) in [5, 5.41) is 12.9. The first-order chi connectivity index (χ1) is 7.89. The highest BCUT2D eigenvalue weighted by Gasteiger charge is 2.31. The van der Waals surface area contributed by atoms with E-state index in [1.165, 1.54) is 11.5 Å². The summed E-state index contributed by atoms with van der Waals surface area (Å²) in [6, 6.07) is 0. The average molecular weight is 257 g/mol. The molecule has 0 aliphatic heterocycles. The van der Waals surface area contributed by atoms with Gasteiger partial charge in [0.05, 0.1) is 5.41 Å². The Bertz CT molecular complexity index is 392. The highest BCUT2D eigenvalue weighted by Crippen LogP contribution is 2.23. The van der Waals surface area contributed by atoms with Crippen molar-refractivity contribution in [1.82, 2.24) is 9.36 Å². The Labute approximate surface area is 105 Å². The van der Waals surface area contributed by atoms with E-state index < -0.39 is 11.4 Å². The Hall–Kier alpha value is -1.17. The molecule has 0 aromatic carbocycles. The van der Waals surface area contributed by atoms with Crippen molar-refractivity contribution in [3.63, 3.8) is 0 Å². The largest absolute Gasteiger partial charge is 0.481 e. The van der Waals surface area contributed by atoms with Crippen molar-refractivity contribution < 1.29 is 9.90 Å². The lowest BCUT2D eigenvalue weighted by Gasteiger charge is -2.22. The molecule has 1 aromatic heterocycles. The van der Waals surface area contributed by atoms with Gasteiger partial charge in [-0.15, -0.1) is 0 Å². The van der Waals surface area contributed by atoms with Gasteiger partial charge in [0.2, 0.25) is 5.13 Å². The molecule has 0 fully saturated rings. The number of carbonyl (C=O) groups is 1. The van der Waals surface area contributed by atoms with Crippen molar-refractivity contribution >= 4 is 22.6 Å². The van der Waals surface area contributed by atoms with Crippen LogP contribution in [0.25, 0.3) is 0 Å². The second kappa shape index (κ2) is 5.44. The molecular weight excluding hydrogens is 238 g/mol. The molecule has 0 radical (unpaired) electrons. The summed E-state index contributed by atoms with van der Waals surface area (Å²) >= 11 is 1.28. The molecule has 0 aliphatic rings. The quantitative estimate of drug-likeness (QED) is 0.819. The van der Waals surface area contributed by atoms with Gasteiger partial charge in [-0.2, -0.15) is 4.37 Å². The molecule has 5 nitrogen and oxygen atoms in total. The lowest BCUT2D eigenvalue weighted by molar-refractivity contribution is -0.147. The van der Waals surface area contributed by atoms with Gasteiger partial charge in [-0.3, -0.25) is 4.79 Å². The SMILES string of the molecule is CCC(C)(CNc1nc(C(C)C)ns1)C(=O)O. The molecular formula is C11H19N3O2S. The minimum Gasteiger partial charge on any atom is -0.481 e. The highest BCUT2D eigenvalue weighted by atomic mass is 32.1. The lowest BCUT2D eigenvalue weighted by atomic mass is 9.88. The molecule has 1 unspecified atom stereocenters. The van der Waals surface area contributed by atoms with Crippen molar-refractivity contribution in [2.75, 3.05) is 11.9 Å². The molecule has 0 amide bonds. The number of carboxylic acids is 1. The van der Waals surface area contributed by atoms with Crippen molar-refractivity contribution in [1.29, 1.82) is 0 Å². The smallest absolute Gasteiger partial charge is 0.311 e. The van der Waals surface area contributed by atoms with Gasteiger partial charge in [0.25, 0.3) is 0 Å². The molecule has 6 heteroatoms. The van der Waals surface area contributed by atoms with E-state index in [2.05, 4.69) is 14.7 Å². The summed E-state index contributed by atoms with van der Waals surface area (Å²) in [6.45, 7) is 8.02. The van der Waals surface area contributed by atoms with Crippen LogP contribution in [0.1, 0.15) is 45.9 Å². The van der Waals surface area contributed by atoms with Gasteiger partial charge >= 0.3 is 5.97 Å². The zero-order valence-electron chi connectivity index (χ0n) is 10.6. The van der Waals surface area contributed by atoms with Gasteiger partial charge < -0.3 is 10.4 Å². The first kappa shape index (κ1) is 13.9. The van der Waals surface area contributed by atoms with Crippen LogP contribution in [0, 0.1) is 5.41 Å². The normalized spacial score (nSPS) is 14.6. The Morgan fingerprint density at radius 2 is 2.24 bits per heavy atom. The maximum atomic E-state index is 11.1. The van der Waals surface area contributed by atoms with E-state index in [0.29, 0.717) is 24.0 Å². The maximum Gasteiger partial charge on any atom is 0.311 e. The topological polar surface area (TPSA) is 75.1 Å². The van der Waals surface area contributed by atoms with Crippen LogP contribution in [-0.2, 0) is 4.79 Å². The summed E-state index contributed by atoms with van der Waals surface area (Å²) in [6.07, 6.45) is 0.575. The van der Waals surface area contributed by atoms with Crippen LogP contribution >= 0.6 is 11.5 Å². The van der Waals surface area contributed by atoms with Crippen molar-refractivity contribution in [2.45, 2.75) is 40.0 Å². The Morgan fingerprint density at radius 1 is 1.59 bits per heavy atom. The zero-order valence-corrected chi connectivity index (χ0v) is 11.5. The van der Waals surface area contributed by atoms with Crippen LogP contribution in [-0.4, -0.2) is 27.0 Å². The number of aromatic nitrogens is 2. The predicted molar refractivity (Wildman–Crippen MR) is 68.5 cm³/mol. The molecule has 17 heavy (non-hydrogen) atoms. The molecule has 96 valence electrons. The maximum absolute atomic E-state index is 11.1. The number of rotatable bonds is 6. The standard InChI is InChI=1S/C11H19N3O2S/c1-5-11(4,9(15)16)6-12-10-13-8(7(2)3)14-17-10/h7H,5-6H2,1-4H3,(H,15,16)(H,12,13,14). The van der Waals surface area contributed by atoms with Gasteiger partial charge in [0, 0.05) is 24.0 Å². The van der Waals surface area contributed by atoms with E-state index in [1.807, 2.05) is 20.8 Å². The molecule has 0 spiro atoms. The highest BCUT2D eigenvalue weighted by molar-refractivity contribution is 7.09. The minimum atomic E-state index is -0.791. The van der Waals surface area contributed by atoms with Crippen LogP contribution in [0.2, 0.25) is 0 Å². The van der Waals surface area contributed by atoms with Crippen molar-refractivity contribution in [3.05, 3.63) is 5.82 Å². The van der Waals surface area contributed by atoms with Crippen molar-refractivity contribution in [2.24, 2.45) is 5.41 Å². The summed E-state index contributed by atoms with van der Waals surface area (Å²) in [5.74, 6) is 0.297. The van der Waals surface area contributed by atoms with Crippen LogP contribution in [0.5, 0.6) is 0 Å². The van der Waals surface area contributed by atoms with Gasteiger partial charge in [-0.05, 0) is 13.3 Å². The van der Waals surface area contributed by atoms with Crippen LogP contribution in [0.3, 0.4) is 0 Å². The van der Waals surface area contributed by atoms with E-state index in [9.17, 15) is 4.79 Å². The molecule has 1 aromatic rings. The monoisotopic (exact) mass is 257 g/mol. The van der Waals surface area contributed by atoms with E-state index in [-0.39, 0.29) is 0 Å². The Morgan fingerprint density at radius 3 is 2.65 bits per heavy atom. The molecule has 0 saturated heterocycles. The van der Waals surface area contributed by atoms with Crippen LogP contribution in [0.4, 0.5) is 5.13 Å². The third kappa shape index (κ3) is 3.39. The van der Waals surface area contributed by atoms with E-state index >= 15 is 0 Å². The average Bonchev–Trinajstić information content (AvgIpc) is 2.74. The summed E-state index contributed by atoms with van der Waals surface area (Å²) in [4.78, 5) is 15.4. The zero-order chi connectivity index (χ0) is 13.1. The van der Waals surface area contributed by atoms with Gasteiger partial charge in [0.15, 0.2) is 0 Å². The number of nitrogens with zero attached hydrogens (tertiary/aromatic N) is 2. The summed E-state index contributed by atoms with van der Waals surface area (Å²) in [5.41, 5.74) is -0.760. The van der Waals surface area contributed by atoms with Gasteiger partial charge in [-0.25, -0.2) is 4.98 Å². The fraction of sp³-hybridized carbons (Fsp3) is 0.727. The third-order valence-corrected chi connectivity index (χ3v) is 3.57. The number of nitrogens with one attached hydrogen (secondary N) is 1. The molecule has 0 aliphatic carbocycles. The van der Waals surface area contributed by atoms with Crippen LogP contribution in [0.15, 0.2) is 0 Å². The molecule has 1 rings (SSSR count). The molecule has 1 heterocycles. The Kier molecular flexibility index (Phi) is 4.45. The molecule has 0 saturated carbocycles.